The summed E-state index contributed by atoms with van der Waals surface area (Å²) in [6.45, 7) is 2.25. The molecule has 0 spiro atoms. The Labute approximate surface area is 133 Å². The van der Waals surface area contributed by atoms with Crippen LogP contribution in [0.2, 0.25) is 0 Å². The van der Waals surface area contributed by atoms with E-state index in [0.29, 0.717) is 17.9 Å². The van der Waals surface area contributed by atoms with E-state index in [2.05, 4.69) is 5.32 Å². The van der Waals surface area contributed by atoms with Crippen molar-refractivity contribution >= 4 is 16.9 Å². The molecule has 0 radical (unpaired) electrons. The minimum atomic E-state index is -0.391. The summed E-state index contributed by atoms with van der Waals surface area (Å²) in [5, 5.41) is 3.98. The molecule has 1 amide bonds. The second-order valence-corrected chi connectivity index (χ2v) is 5.50. The predicted molar refractivity (Wildman–Crippen MR) is 87.1 cm³/mol. The van der Waals surface area contributed by atoms with Crippen molar-refractivity contribution < 1.29 is 13.6 Å². The van der Waals surface area contributed by atoms with E-state index in [0.717, 1.165) is 16.5 Å². The van der Waals surface area contributed by atoms with E-state index in [1.54, 1.807) is 19.1 Å². The Hall–Kier alpha value is -2.66. The first-order valence-corrected chi connectivity index (χ1v) is 7.34. The van der Waals surface area contributed by atoms with E-state index in [4.69, 9.17) is 10.2 Å². The Balaban J connectivity index is 1.85. The Morgan fingerprint density at radius 2 is 2.09 bits per heavy atom. The van der Waals surface area contributed by atoms with Crippen LogP contribution in [-0.2, 0) is 11.3 Å². The molecule has 0 saturated heterocycles. The van der Waals surface area contributed by atoms with Gasteiger partial charge in [-0.25, -0.2) is 4.39 Å². The van der Waals surface area contributed by atoms with Gasteiger partial charge in [0.25, 0.3) is 0 Å². The molecule has 3 aromatic rings. The standard InChI is InChI=1S/C18H17FN2O2/c1-11(18(20)22)21-10-12-5-6-16-14(7-12)9-17(23-16)13-3-2-4-15(19)8-13/h2-9,11,21H,10H2,1H3,(H2,20,22). The SMILES string of the molecule is CC(NCc1ccc2oc(-c3cccc(F)c3)cc2c1)C(N)=O. The minimum absolute atomic E-state index is 0.298. The van der Waals surface area contributed by atoms with E-state index in [-0.39, 0.29) is 11.7 Å². The molecule has 5 heteroatoms. The number of carbonyl (C=O) groups excluding carboxylic acids is 1. The van der Waals surface area contributed by atoms with E-state index in [9.17, 15) is 9.18 Å². The Bertz CT molecular complexity index is 857. The van der Waals surface area contributed by atoms with Gasteiger partial charge in [-0.15, -0.1) is 0 Å². The fourth-order valence-corrected chi connectivity index (χ4v) is 2.36. The van der Waals surface area contributed by atoms with Crippen LogP contribution >= 0.6 is 0 Å². The van der Waals surface area contributed by atoms with Crippen LogP contribution in [0.25, 0.3) is 22.3 Å². The van der Waals surface area contributed by atoms with Gasteiger partial charge in [0.15, 0.2) is 0 Å². The summed E-state index contributed by atoms with van der Waals surface area (Å²) in [5.41, 5.74) is 7.66. The number of hydrogen-bond donors (Lipinski definition) is 2. The van der Waals surface area contributed by atoms with Crippen molar-refractivity contribution in [3.8, 4) is 11.3 Å². The summed E-state index contributed by atoms with van der Waals surface area (Å²) < 4.78 is 19.1. The molecule has 0 saturated carbocycles. The number of hydrogen-bond acceptors (Lipinski definition) is 3. The van der Waals surface area contributed by atoms with Crippen molar-refractivity contribution in [2.45, 2.75) is 19.5 Å². The molecule has 3 N–H and O–H groups in total. The van der Waals surface area contributed by atoms with Crippen LogP contribution in [0.15, 0.2) is 52.9 Å². The highest BCUT2D eigenvalue weighted by Gasteiger charge is 2.10. The summed E-state index contributed by atoms with van der Waals surface area (Å²) in [6.07, 6.45) is 0. The van der Waals surface area contributed by atoms with E-state index in [1.807, 2.05) is 24.3 Å². The van der Waals surface area contributed by atoms with Crippen LogP contribution in [0, 0.1) is 5.82 Å². The quantitative estimate of drug-likeness (QED) is 0.760. The van der Waals surface area contributed by atoms with Gasteiger partial charge >= 0.3 is 0 Å². The first-order valence-electron chi connectivity index (χ1n) is 7.34. The molecular formula is C18H17FN2O2. The van der Waals surface area contributed by atoms with E-state index < -0.39 is 6.04 Å². The Morgan fingerprint density at radius 1 is 1.26 bits per heavy atom. The van der Waals surface area contributed by atoms with Crippen molar-refractivity contribution in [2.24, 2.45) is 5.73 Å². The molecule has 0 aliphatic rings. The van der Waals surface area contributed by atoms with Gasteiger partial charge in [0.05, 0.1) is 6.04 Å². The lowest BCUT2D eigenvalue weighted by Crippen LogP contribution is -2.38. The summed E-state index contributed by atoms with van der Waals surface area (Å²) in [4.78, 5) is 11.0. The van der Waals surface area contributed by atoms with Crippen molar-refractivity contribution in [2.75, 3.05) is 0 Å². The second kappa shape index (κ2) is 6.22. The number of furan rings is 1. The number of fused-ring (bicyclic) bond motifs is 1. The zero-order valence-corrected chi connectivity index (χ0v) is 12.7. The number of nitrogens with one attached hydrogen (secondary N) is 1. The minimum Gasteiger partial charge on any atom is -0.456 e. The molecule has 0 bridgehead atoms. The first-order chi connectivity index (χ1) is 11.0. The first kappa shape index (κ1) is 15.2. The van der Waals surface area contributed by atoms with Gasteiger partial charge in [-0.2, -0.15) is 0 Å². The molecule has 0 aliphatic carbocycles. The molecule has 118 valence electrons. The molecule has 1 atom stereocenters. The summed E-state index contributed by atoms with van der Waals surface area (Å²) in [7, 11) is 0. The topological polar surface area (TPSA) is 68.3 Å². The fourth-order valence-electron chi connectivity index (χ4n) is 2.36. The third kappa shape index (κ3) is 3.40. The average molecular weight is 312 g/mol. The maximum Gasteiger partial charge on any atom is 0.234 e. The molecule has 0 aliphatic heterocycles. The van der Waals surface area contributed by atoms with Crippen LogP contribution in [0.5, 0.6) is 0 Å². The van der Waals surface area contributed by atoms with Crippen molar-refractivity contribution in [3.05, 3.63) is 59.9 Å². The van der Waals surface area contributed by atoms with Crippen molar-refractivity contribution in [3.63, 3.8) is 0 Å². The molecule has 1 heterocycles. The van der Waals surface area contributed by atoms with Gasteiger partial charge in [0.2, 0.25) is 5.91 Å². The fraction of sp³-hybridized carbons (Fsp3) is 0.167. The number of halogens is 1. The van der Waals surface area contributed by atoms with Gasteiger partial charge in [-0.05, 0) is 42.8 Å². The second-order valence-electron chi connectivity index (χ2n) is 5.50. The van der Waals surface area contributed by atoms with Gasteiger partial charge in [-0.1, -0.05) is 18.2 Å². The molecular weight excluding hydrogens is 295 g/mol. The number of primary amides is 1. The zero-order chi connectivity index (χ0) is 16.4. The molecule has 23 heavy (non-hydrogen) atoms. The number of benzene rings is 2. The number of nitrogens with two attached hydrogens (primary N) is 1. The van der Waals surface area contributed by atoms with E-state index in [1.165, 1.54) is 12.1 Å². The maximum absolute atomic E-state index is 13.3. The molecule has 1 aromatic heterocycles. The zero-order valence-electron chi connectivity index (χ0n) is 12.7. The van der Waals surface area contributed by atoms with Crippen LogP contribution in [-0.4, -0.2) is 11.9 Å². The van der Waals surface area contributed by atoms with Crippen LogP contribution in [0.4, 0.5) is 4.39 Å². The van der Waals surface area contributed by atoms with Gasteiger partial charge in [0, 0.05) is 17.5 Å². The average Bonchev–Trinajstić information content (AvgIpc) is 2.95. The third-order valence-electron chi connectivity index (χ3n) is 3.73. The lowest BCUT2D eigenvalue weighted by molar-refractivity contribution is -0.119. The van der Waals surface area contributed by atoms with E-state index >= 15 is 0 Å². The van der Waals surface area contributed by atoms with Gasteiger partial charge in [-0.3, -0.25) is 4.79 Å². The molecule has 0 fully saturated rings. The molecule has 2 aromatic carbocycles. The number of carbonyl (C=O) groups is 1. The van der Waals surface area contributed by atoms with Gasteiger partial charge < -0.3 is 15.5 Å². The summed E-state index contributed by atoms with van der Waals surface area (Å²) in [6, 6.07) is 13.5. The monoisotopic (exact) mass is 312 g/mol. The van der Waals surface area contributed by atoms with Crippen LogP contribution in [0.3, 0.4) is 0 Å². The largest absolute Gasteiger partial charge is 0.456 e. The molecule has 3 rings (SSSR count). The normalized spacial score (nSPS) is 12.4. The van der Waals surface area contributed by atoms with Crippen LogP contribution < -0.4 is 11.1 Å². The maximum atomic E-state index is 13.3. The van der Waals surface area contributed by atoms with Gasteiger partial charge in [0.1, 0.15) is 17.2 Å². The van der Waals surface area contributed by atoms with Crippen molar-refractivity contribution in [1.29, 1.82) is 0 Å². The molecule has 4 nitrogen and oxygen atoms in total. The lowest BCUT2D eigenvalue weighted by atomic mass is 10.1. The smallest absolute Gasteiger partial charge is 0.234 e. The lowest BCUT2D eigenvalue weighted by Gasteiger charge is -2.09. The van der Waals surface area contributed by atoms with Crippen molar-refractivity contribution in [1.82, 2.24) is 5.32 Å². The molecule has 1 unspecified atom stereocenters. The summed E-state index contributed by atoms with van der Waals surface area (Å²) >= 11 is 0. The highest BCUT2D eigenvalue weighted by molar-refractivity contribution is 5.83. The highest BCUT2D eigenvalue weighted by Crippen LogP contribution is 2.28. The number of amides is 1. The Kier molecular flexibility index (Phi) is 4.12. The number of rotatable bonds is 5. The predicted octanol–water partition coefficient (Wildman–Crippen LogP) is 3.20. The highest BCUT2D eigenvalue weighted by atomic mass is 19.1. The third-order valence-corrected chi connectivity index (χ3v) is 3.73. The summed E-state index contributed by atoms with van der Waals surface area (Å²) in [5.74, 6) is -0.0637. The van der Waals surface area contributed by atoms with Crippen LogP contribution in [0.1, 0.15) is 12.5 Å². The Morgan fingerprint density at radius 3 is 2.83 bits per heavy atom.